The van der Waals surface area contributed by atoms with Gasteiger partial charge in [-0.1, -0.05) is 12.1 Å². The number of hydrogen-bond donors (Lipinski definition) is 4. The first-order valence-corrected chi connectivity index (χ1v) is 13.6. The molecule has 206 valence electrons. The molecule has 1 unspecified atom stereocenters. The van der Waals surface area contributed by atoms with Crippen LogP contribution in [0.2, 0.25) is 0 Å². The Kier molecular flexibility index (Phi) is 8.11. The zero-order valence-electron chi connectivity index (χ0n) is 21.9. The van der Waals surface area contributed by atoms with Crippen LogP contribution in [0.5, 0.6) is 5.75 Å². The number of carbonyl (C=O) groups is 4. The number of imide groups is 1. The average molecular weight is 534 g/mol. The summed E-state index contributed by atoms with van der Waals surface area (Å²) in [5.41, 5.74) is 8.61. The molecule has 39 heavy (non-hydrogen) atoms. The highest BCUT2D eigenvalue weighted by Gasteiger charge is 2.39. The summed E-state index contributed by atoms with van der Waals surface area (Å²) >= 11 is 0. The van der Waals surface area contributed by atoms with Crippen LogP contribution in [-0.4, -0.2) is 47.8 Å². The second-order valence-electron chi connectivity index (χ2n) is 10.7. The minimum Gasteiger partial charge on any atom is -0.493 e. The molecule has 2 aromatic rings. The summed E-state index contributed by atoms with van der Waals surface area (Å²) in [5, 5.41) is 7.97. The fourth-order valence-corrected chi connectivity index (χ4v) is 5.58. The molecule has 5 rings (SSSR count). The van der Waals surface area contributed by atoms with Crippen LogP contribution in [0, 0.1) is 11.8 Å². The van der Waals surface area contributed by atoms with E-state index in [2.05, 4.69) is 16.0 Å². The van der Waals surface area contributed by atoms with E-state index < -0.39 is 11.9 Å². The normalized spacial score (nSPS) is 22.7. The van der Waals surface area contributed by atoms with Gasteiger partial charge in [0.1, 0.15) is 11.8 Å². The minimum atomic E-state index is -0.650. The molecule has 0 aromatic heterocycles. The highest BCUT2D eigenvalue weighted by molar-refractivity contribution is 6.05. The van der Waals surface area contributed by atoms with Crippen molar-refractivity contribution in [1.29, 1.82) is 0 Å². The lowest BCUT2D eigenvalue weighted by atomic mass is 9.82. The zero-order valence-corrected chi connectivity index (χ0v) is 21.9. The number of urea groups is 1. The summed E-state index contributed by atoms with van der Waals surface area (Å²) in [7, 11) is 0. The molecular formula is C29H35N5O5. The van der Waals surface area contributed by atoms with Crippen molar-refractivity contribution in [3.8, 4) is 5.75 Å². The Morgan fingerprint density at radius 3 is 2.46 bits per heavy atom. The summed E-state index contributed by atoms with van der Waals surface area (Å²) in [6.07, 6.45) is 5.19. The van der Waals surface area contributed by atoms with Gasteiger partial charge in [0.15, 0.2) is 0 Å². The summed E-state index contributed by atoms with van der Waals surface area (Å²) < 4.78 is 5.96. The van der Waals surface area contributed by atoms with Crippen LogP contribution in [0.3, 0.4) is 0 Å². The molecule has 2 fully saturated rings. The number of hydrogen-bond acceptors (Lipinski definition) is 6. The molecule has 1 saturated heterocycles. The van der Waals surface area contributed by atoms with Gasteiger partial charge in [-0.05, 0) is 91.9 Å². The van der Waals surface area contributed by atoms with Crippen molar-refractivity contribution >= 4 is 29.4 Å². The summed E-state index contributed by atoms with van der Waals surface area (Å²) in [6.45, 7) is 2.04. The van der Waals surface area contributed by atoms with Crippen LogP contribution in [0.1, 0.15) is 60.0 Å². The van der Waals surface area contributed by atoms with Gasteiger partial charge in [0.05, 0.1) is 6.61 Å². The molecule has 1 aliphatic carbocycles. The van der Waals surface area contributed by atoms with E-state index in [0.29, 0.717) is 42.7 Å². The Morgan fingerprint density at radius 2 is 1.74 bits per heavy atom. The van der Waals surface area contributed by atoms with E-state index in [1.165, 1.54) is 17.7 Å². The number of rotatable bonds is 8. The molecule has 0 radical (unpaired) electrons. The third-order valence-electron chi connectivity index (χ3n) is 7.94. The van der Waals surface area contributed by atoms with Crippen molar-refractivity contribution in [2.24, 2.45) is 17.6 Å². The first kappa shape index (κ1) is 26.7. The quantitative estimate of drug-likeness (QED) is 0.384. The van der Waals surface area contributed by atoms with Gasteiger partial charge in [-0.3, -0.25) is 19.7 Å². The third kappa shape index (κ3) is 6.39. The molecule has 2 heterocycles. The number of nitrogens with one attached hydrogen (secondary N) is 3. The van der Waals surface area contributed by atoms with Crippen LogP contribution in [-0.2, 0) is 22.7 Å². The Morgan fingerprint density at radius 1 is 1.00 bits per heavy atom. The van der Waals surface area contributed by atoms with E-state index in [9.17, 15) is 19.2 Å². The highest BCUT2D eigenvalue weighted by atomic mass is 16.5. The predicted octanol–water partition coefficient (Wildman–Crippen LogP) is 2.91. The van der Waals surface area contributed by atoms with Crippen molar-refractivity contribution in [2.45, 2.75) is 57.7 Å². The molecule has 0 bridgehead atoms. The first-order chi connectivity index (χ1) is 18.9. The molecule has 2 aromatic carbocycles. The number of amides is 5. The van der Waals surface area contributed by atoms with Crippen molar-refractivity contribution in [1.82, 2.24) is 15.5 Å². The molecule has 1 atom stereocenters. The molecule has 0 spiro atoms. The summed E-state index contributed by atoms with van der Waals surface area (Å²) in [4.78, 5) is 50.5. The lowest BCUT2D eigenvalue weighted by Crippen LogP contribution is -2.52. The van der Waals surface area contributed by atoms with E-state index in [1.54, 1.807) is 12.1 Å². The molecule has 3 aliphatic rings. The van der Waals surface area contributed by atoms with Crippen molar-refractivity contribution < 1.29 is 23.9 Å². The number of nitrogens with two attached hydrogens (primary N) is 1. The summed E-state index contributed by atoms with van der Waals surface area (Å²) in [5.74, 6) is 1.03. The van der Waals surface area contributed by atoms with Crippen LogP contribution in [0.25, 0.3) is 0 Å². The fourth-order valence-electron chi connectivity index (χ4n) is 5.58. The number of fused-ring (bicyclic) bond motifs is 1. The van der Waals surface area contributed by atoms with Crippen molar-refractivity contribution in [3.63, 3.8) is 0 Å². The van der Waals surface area contributed by atoms with Gasteiger partial charge in [0.2, 0.25) is 11.8 Å². The van der Waals surface area contributed by atoms with Crippen LogP contribution in [0.4, 0.5) is 10.5 Å². The van der Waals surface area contributed by atoms with E-state index in [1.807, 2.05) is 30.3 Å². The van der Waals surface area contributed by atoms with E-state index in [0.717, 1.165) is 36.3 Å². The Labute approximate surface area is 227 Å². The second-order valence-corrected chi connectivity index (χ2v) is 10.7. The number of carbonyl (C=O) groups excluding carboxylic acids is 4. The van der Waals surface area contributed by atoms with Gasteiger partial charge in [-0.15, -0.1) is 0 Å². The lowest BCUT2D eigenvalue weighted by molar-refractivity contribution is -0.136. The molecule has 5 N–H and O–H groups in total. The smallest absolute Gasteiger partial charge is 0.319 e. The van der Waals surface area contributed by atoms with Gasteiger partial charge in [0, 0.05) is 30.8 Å². The molecule has 2 aliphatic heterocycles. The first-order valence-electron chi connectivity index (χ1n) is 13.6. The maximum Gasteiger partial charge on any atom is 0.319 e. The number of anilines is 1. The van der Waals surface area contributed by atoms with Gasteiger partial charge in [-0.25, -0.2) is 4.79 Å². The van der Waals surface area contributed by atoms with Gasteiger partial charge < -0.3 is 26.0 Å². The Bertz CT molecular complexity index is 1240. The van der Waals surface area contributed by atoms with E-state index in [4.69, 9.17) is 10.5 Å². The van der Waals surface area contributed by atoms with E-state index >= 15 is 0 Å². The topological polar surface area (TPSA) is 143 Å². The van der Waals surface area contributed by atoms with Crippen molar-refractivity contribution in [2.75, 3.05) is 18.5 Å². The highest BCUT2D eigenvalue weighted by Crippen LogP contribution is 2.30. The van der Waals surface area contributed by atoms with Crippen LogP contribution in [0.15, 0.2) is 42.5 Å². The number of benzene rings is 2. The summed E-state index contributed by atoms with van der Waals surface area (Å²) in [6, 6.07) is 11.7. The maximum absolute atomic E-state index is 12.8. The largest absolute Gasteiger partial charge is 0.493 e. The second kappa shape index (κ2) is 11.9. The standard InChI is InChI=1S/C29H35N5O5/c30-14-18-1-3-19(4-2-18)17-39-23-8-6-22(7-9-23)32-29(38)31-15-20-5-10-24-21(13-20)16-34(28(24)37)25-11-12-26(35)33-27(25)36/h5-10,13,18-19,25H,1-4,11-12,14-17,30H2,(H2,31,32,38)(H,33,35,36). The van der Waals surface area contributed by atoms with Gasteiger partial charge in [0.25, 0.3) is 5.91 Å². The molecule has 10 heteroatoms. The lowest BCUT2D eigenvalue weighted by Gasteiger charge is -2.29. The Balaban J connectivity index is 1.08. The SMILES string of the molecule is NCC1CCC(COc2ccc(NC(=O)NCc3ccc4c(c3)CN(C3CCC(=O)NC3=O)C4=O)cc2)CC1. The van der Waals surface area contributed by atoms with Crippen molar-refractivity contribution in [3.05, 3.63) is 59.2 Å². The third-order valence-corrected chi connectivity index (χ3v) is 7.94. The molecule has 5 amide bonds. The van der Waals surface area contributed by atoms with Crippen LogP contribution < -0.4 is 26.4 Å². The average Bonchev–Trinajstić information content (AvgIpc) is 3.27. The number of piperidine rings is 1. The number of nitrogens with zero attached hydrogens (tertiary/aromatic N) is 1. The monoisotopic (exact) mass is 533 g/mol. The maximum atomic E-state index is 12.8. The predicted molar refractivity (Wildman–Crippen MR) is 145 cm³/mol. The molecule has 10 nitrogen and oxygen atoms in total. The molecule has 1 saturated carbocycles. The minimum absolute atomic E-state index is 0.215. The van der Waals surface area contributed by atoms with Gasteiger partial charge in [-0.2, -0.15) is 0 Å². The van der Waals surface area contributed by atoms with Crippen LogP contribution >= 0.6 is 0 Å². The molecular weight excluding hydrogens is 498 g/mol. The Hall–Kier alpha value is -3.92. The van der Waals surface area contributed by atoms with Gasteiger partial charge >= 0.3 is 6.03 Å². The fraction of sp³-hybridized carbons (Fsp3) is 0.448. The number of ether oxygens (including phenoxy) is 1. The van der Waals surface area contributed by atoms with E-state index in [-0.39, 0.29) is 30.8 Å². The zero-order chi connectivity index (χ0) is 27.4.